The van der Waals surface area contributed by atoms with Crippen LogP contribution in [-0.2, 0) is 6.61 Å². The van der Waals surface area contributed by atoms with Crippen LogP contribution in [0.15, 0.2) is 40.2 Å². The third-order valence-electron chi connectivity index (χ3n) is 2.51. The molecule has 0 bridgehead atoms. The molecule has 2 aromatic rings. The number of urea groups is 1. The van der Waals surface area contributed by atoms with Crippen LogP contribution in [0.25, 0.3) is 0 Å². The highest BCUT2D eigenvalue weighted by molar-refractivity contribution is 5.87. The number of hydrogen-bond donors (Lipinski definition) is 3. The summed E-state index contributed by atoms with van der Waals surface area (Å²) in [5.41, 5.74) is 10.0. The summed E-state index contributed by atoms with van der Waals surface area (Å²) in [6.07, 6.45) is 1.45. The SMILES string of the molecule is Cc1ccccc1OCc1cnoc1NC(=O)NN=N. The molecule has 3 N–H and O–H groups in total. The molecule has 2 rings (SSSR count). The fourth-order valence-corrected chi connectivity index (χ4v) is 1.52. The van der Waals surface area contributed by atoms with Crippen molar-refractivity contribution < 1.29 is 14.1 Å². The van der Waals surface area contributed by atoms with Crippen molar-refractivity contribution in [1.82, 2.24) is 10.6 Å². The molecule has 0 radical (unpaired) electrons. The van der Waals surface area contributed by atoms with E-state index in [0.29, 0.717) is 5.56 Å². The molecule has 0 saturated heterocycles. The number of carbonyl (C=O) groups excluding carboxylic acids is 1. The first kappa shape index (κ1) is 13.5. The van der Waals surface area contributed by atoms with E-state index in [1.165, 1.54) is 6.20 Å². The van der Waals surface area contributed by atoms with Gasteiger partial charge in [0.2, 0.25) is 5.88 Å². The van der Waals surface area contributed by atoms with E-state index in [1.807, 2.05) is 36.6 Å². The fourth-order valence-electron chi connectivity index (χ4n) is 1.52. The third kappa shape index (κ3) is 3.31. The van der Waals surface area contributed by atoms with E-state index in [-0.39, 0.29) is 12.5 Å². The first-order valence-corrected chi connectivity index (χ1v) is 5.76. The Labute approximate surface area is 114 Å². The van der Waals surface area contributed by atoms with E-state index in [1.54, 1.807) is 0 Å². The van der Waals surface area contributed by atoms with Crippen LogP contribution in [0.4, 0.5) is 10.7 Å². The van der Waals surface area contributed by atoms with E-state index in [0.717, 1.165) is 11.3 Å². The molecule has 0 spiro atoms. The maximum absolute atomic E-state index is 11.2. The van der Waals surface area contributed by atoms with Crippen LogP contribution in [-0.4, -0.2) is 11.2 Å². The Morgan fingerprint density at radius 1 is 1.50 bits per heavy atom. The van der Waals surface area contributed by atoms with Gasteiger partial charge in [0.05, 0.1) is 11.8 Å². The number of aromatic nitrogens is 1. The van der Waals surface area contributed by atoms with Gasteiger partial charge in [0.25, 0.3) is 0 Å². The number of aryl methyl sites for hydroxylation is 1. The van der Waals surface area contributed by atoms with Gasteiger partial charge in [-0.2, -0.15) is 5.53 Å². The van der Waals surface area contributed by atoms with Crippen molar-refractivity contribution in [3.05, 3.63) is 41.6 Å². The molecule has 0 saturated carbocycles. The maximum atomic E-state index is 11.2. The summed E-state index contributed by atoms with van der Waals surface area (Å²) in [7, 11) is 0. The van der Waals surface area contributed by atoms with E-state index >= 15 is 0 Å². The molecule has 104 valence electrons. The number of nitrogens with one attached hydrogen (secondary N) is 3. The predicted molar refractivity (Wildman–Crippen MR) is 69.3 cm³/mol. The van der Waals surface area contributed by atoms with Gasteiger partial charge >= 0.3 is 6.03 Å². The van der Waals surface area contributed by atoms with Crippen molar-refractivity contribution in [3.63, 3.8) is 0 Å². The summed E-state index contributed by atoms with van der Waals surface area (Å²) >= 11 is 0. The first-order chi connectivity index (χ1) is 9.70. The zero-order chi connectivity index (χ0) is 14.4. The third-order valence-corrected chi connectivity index (χ3v) is 2.51. The minimum absolute atomic E-state index is 0.153. The second-order valence-electron chi connectivity index (χ2n) is 3.91. The van der Waals surface area contributed by atoms with Crippen LogP contribution in [0, 0.1) is 12.5 Å². The smallest absolute Gasteiger partial charge is 0.343 e. The molecular weight excluding hydrogens is 262 g/mol. The van der Waals surface area contributed by atoms with Crippen LogP contribution in [0.2, 0.25) is 0 Å². The molecule has 1 aromatic carbocycles. The lowest BCUT2D eigenvalue weighted by Gasteiger charge is -2.08. The molecule has 0 aliphatic carbocycles. The maximum Gasteiger partial charge on any atom is 0.343 e. The van der Waals surface area contributed by atoms with Crippen LogP contribution in [0.5, 0.6) is 5.75 Å². The topological polar surface area (TPSA) is 113 Å². The van der Waals surface area contributed by atoms with Gasteiger partial charge in [-0.3, -0.25) is 5.32 Å². The molecule has 1 heterocycles. The van der Waals surface area contributed by atoms with Gasteiger partial charge in [0.1, 0.15) is 12.4 Å². The molecule has 2 amide bonds. The van der Waals surface area contributed by atoms with Gasteiger partial charge < -0.3 is 9.26 Å². The van der Waals surface area contributed by atoms with Crippen LogP contribution in [0.1, 0.15) is 11.1 Å². The zero-order valence-corrected chi connectivity index (χ0v) is 10.7. The number of benzene rings is 1. The van der Waals surface area contributed by atoms with Gasteiger partial charge in [-0.15, -0.1) is 0 Å². The largest absolute Gasteiger partial charge is 0.488 e. The molecule has 8 nitrogen and oxygen atoms in total. The van der Waals surface area contributed by atoms with Gasteiger partial charge in [-0.05, 0) is 18.6 Å². The minimum Gasteiger partial charge on any atom is -0.488 e. The van der Waals surface area contributed by atoms with E-state index < -0.39 is 6.03 Å². The average Bonchev–Trinajstić information content (AvgIpc) is 2.85. The highest BCUT2D eigenvalue weighted by atomic mass is 16.5. The first-order valence-electron chi connectivity index (χ1n) is 5.76. The van der Waals surface area contributed by atoms with E-state index in [9.17, 15) is 4.79 Å². The van der Waals surface area contributed by atoms with Crippen molar-refractivity contribution in [2.75, 3.05) is 5.32 Å². The number of carbonyl (C=O) groups is 1. The highest BCUT2D eigenvalue weighted by Gasteiger charge is 2.12. The standard InChI is InChI=1S/C12H13N5O3/c1-8-4-2-3-5-10(8)19-7-9-6-14-20-11(9)15-12(18)16-17-13/h2-6H,7H2,1H3,(H3,13,15,16,18). The van der Waals surface area contributed by atoms with Crippen LogP contribution < -0.4 is 15.5 Å². The Balaban J connectivity index is 2.00. The van der Waals surface area contributed by atoms with Crippen molar-refractivity contribution >= 4 is 11.9 Å². The Hall–Kier alpha value is -2.90. The number of amides is 2. The molecular formula is C12H13N5O3. The number of nitrogens with zero attached hydrogens (tertiary/aromatic N) is 2. The monoisotopic (exact) mass is 275 g/mol. The summed E-state index contributed by atoms with van der Waals surface area (Å²) in [4.78, 5) is 11.2. The quantitative estimate of drug-likeness (QED) is 0.575. The number of ether oxygens (including phenoxy) is 1. The highest BCUT2D eigenvalue weighted by Crippen LogP contribution is 2.20. The van der Waals surface area contributed by atoms with Gasteiger partial charge in [-0.1, -0.05) is 28.6 Å². The lowest BCUT2D eigenvalue weighted by atomic mass is 10.2. The summed E-state index contributed by atoms with van der Waals surface area (Å²) < 4.78 is 10.5. The van der Waals surface area contributed by atoms with E-state index in [4.69, 9.17) is 14.8 Å². The fraction of sp³-hybridized carbons (Fsp3) is 0.167. The number of para-hydroxylation sites is 1. The summed E-state index contributed by atoms with van der Waals surface area (Å²) in [5, 5.41) is 8.71. The Morgan fingerprint density at radius 3 is 3.05 bits per heavy atom. The molecule has 1 aromatic heterocycles. The number of rotatable bonds is 5. The molecule has 0 aliphatic rings. The second kappa shape index (κ2) is 6.32. The van der Waals surface area contributed by atoms with Crippen molar-refractivity contribution in [1.29, 1.82) is 5.53 Å². The molecule has 0 aliphatic heterocycles. The zero-order valence-electron chi connectivity index (χ0n) is 10.7. The van der Waals surface area contributed by atoms with E-state index in [2.05, 4.69) is 15.7 Å². The normalized spacial score (nSPS) is 9.85. The number of anilines is 1. The molecule has 0 unspecified atom stereocenters. The minimum atomic E-state index is -0.686. The van der Waals surface area contributed by atoms with Crippen molar-refractivity contribution in [2.24, 2.45) is 5.22 Å². The number of hydrogen-bond acceptors (Lipinski definition) is 6. The Kier molecular flexibility index (Phi) is 4.28. The Bertz CT molecular complexity index is 611. The summed E-state index contributed by atoms with van der Waals surface area (Å²) in [6.45, 7) is 2.13. The second-order valence-corrected chi connectivity index (χ2v) is 3.91. The predicted octanol–water partition coefficient (Wildman–Crippen LogP) is 2.63. The summed E-state index contributed by atoms with van der Waals surface area (Å²) in [6, 6.07) is 6.89. The molecule has 0 atom stereocenters. The van der Waals surface area contributed by atoms with Crippen molar-refractivity contribution in [3.8, 4) is 5.75 Å². The molecule has 8 heteroatoms. The molecule has 0 fully saturated rings. The average molecular weight is 275 g/mol. The Morgan fingerprint density at radius 2 is 2.30 bits per heavy atom. The van der Waals surface area contributed by atoms with Gasteiger partial charge in [0.15, 0.2) is 0 Å². The van der Waals surface area contributed by atoms with Crippen LogP contribution >= 0.6 is 0 Å². The lowest BCUT2D eigenvalue weighted by Crippen LogP contribution is -2.23. The summed E-state index contributed by atoms with van der Waals surface area (Å²) in [5.74, 6) is 0.894. The van der Waals surface area contributed by atoms with Gasteiger partial charge in [0, 0.05) is 0 Å². The van der Waals surface area contributed by atoms with Gasteiger partial charge in [-0.25, -0.2) is 10.2 Å². The van der Waals surface area contributed by atoms with Crippen LogP contribution in [0.3, 0.4) is 0 Å². The molecule has 20 heavy (non-hydrogen) atoms. The lowest BCUT2D eigenvalue weighted by molar-refractivity contribution is 0.250. The van der Waals surface area contributed by atoms with Crippen molar-refractivity contribution in [2.45, 2.75) is 13.5 Å².